The van der Waals surface area contributed by atoms with Crippen LogP contribution in [0.15, 0.2) is 65.8 Å². The zero-order valence-corrected chi connectivity index (χ0v) is 13.5. The molecule has 0 unspecified atom stereocenters. The molecule has 4 N–H and O–H groups in total. The molecule has 3 aromatic carbocycles. The van der Waals surface area contributed by atoms with Gasteiger partial charge in [0.05, 0.1) is 6.21 Å². The van der Waals surface area contributed by atoms with Crippen molar-refractivity contribution in [2.45, 2.75) is 0 Å². The highest BCUT2D eigenvalue weighted by Crippen LogP contribution is 2.25. The number of hydrogen-bond acceptors (Lipinski definition) is 5. The quantitative estimate of drug-likeness (QED) is 0.435. The standard InChI is InChI=1S/C18H14N2O3.CH4O/c21-14-6-3-5-13(10-14)18(23)20-19-11-16-15-7-2-1-4-12(15)8-9-17(16)22;1-2/h1-11,21-22H,(H,20,23);2H,1H3/b19-11+;. The molecule has 0 bridgehead atoms. The van der Waals surface area contributed by atoms with Gasteiger partial charge in [-0.3, -0.25) is 4.79 Å². The molecule has 0 heterocycles. The maximum Gasteiger partial charge on any atom is 0.271 e. The molecular formula is C19H18N2O4. The first kappa shape index (κ1) is 18.0. The smallest absolute Gasteiger partial charge is 0.271 e. The fourth-order valence-electron chi connectivity index (χ4n) is 2.29. The summed E-state index contributed by atoms with van der Waals surface area (Å²) < 4.78 is 0. The summed E-state index contributed by atoms with van der Waals surface area (Å²) in [6.07, 6.45) is 1.40. The number of amides is 1. The van der Waals surface area contributed by atoms with Crippen molar-refractivity contribution in [3.8, 4) is 11.5 Å². The molecule has 0 spiro atoms. The van der Waals surface area contributed by atoms with Gasteiger partial charge in [0, 0.05) is 18.2 Å². The van der Waals surface area contributed by atoms with E-state index in [1.54, 1.807) is 18.2 Å². The summed E-state index contributed by atoms with van der Waals surface area (Å²) >= 11 is 0. The lowest BCUT2D eigenvalue weighted by atomic mass is 10.0. The maximum atomic E-state index is 11.9. The number of hydrazone groups is 1. The van der Waals surface area contributed by atoms with Gasteiger partial charge >= 0.3 is 0 Å². The van der Waals surface area contributed by atoms with Crippen LogP contribution >= 0.6 is 0 Å². The minimum Gasteiger partial charge on any atom is -0.508 e. The third kappa shape index (κ3) is 4.33. The highest BCUT2D eigenvalue weighted by atomic mass is 16.3. The van der Waals surface area contributed by atoms with Crippen molar-refractivity contribution in [3.63, 3.8) is 0 Å². The Morgan fingerprint density at radius 1 is 1.00 bits per heavy atom. The van der Waals surface area contributed by atoms with Crippen molar-refractivity contribution in [1.82, 2.24) is 5.43 Å². The molecule has 0 aromatic heterocycles. The van der Waals surface area contributed by atoms with Gasteiger partial charge in [-0.2, -0.15) is 5.10 Å². The Morgan fingerprint density at radius 3 is 2.52 bits per heavy atom. The molecule has 0 saturated carbocycles. The second kappa shape index (κ2) is 8.47. The second-order valence-corrected chi connectivity index (χ2v) is 4.97. The number of phenolic OH excluding ortho intramolecular Hbond substituents is 2. The average molecular weight is 338 g/mol. The molecule has 0 aliphatic carbocycles. The van der Waals surface area contributed by atoms with E-state index in [1.165, 1.54) is 18.3 Å². The summed E-state index contributed by atoms with van der Waals surface area (Å²) in [5, 5.41) is 32.1. The lowest BCUT2D eigenvalue weighted by Crippen LogP contribution is -2.17. The van der Waals surface area contributed by atoms with Gasteiger partial charge in [0.2, 0.25) is 0 Å². The highest BCUT2D eigenvalue weighted by molar-refractivity contribution is 6.03. The number of carbonyl (C=O) groups is 1. The van der Waals surface area contributed by atoms with E-state index in [0.29, 0.717) is 11.1 Å². The van der Waals surface area contributed by atoms with Gasteiger partial charge < -0.3 is 15.3 Å². The molecular weight excluding hydrogens is 320 g/mol. The van der Waals surface area contributed by atoms with Gasteiger partial charge in [-0.05, 0) is 35.0 Å². The number of fused-ring (bicyclic) bond motifs is 1. The first-order chi connectivity index (χ1) is 12.1. The van der Waals surface area contributed by atoms with Crippen molar-refractivity contribution >= 4 is 22.9 Å². The Morgan fingerprint density at radius 2 is 1.76 bits per heavy atom. The van der Waals surface area contributed by atoms with Crippen LogP contribution in [0.5, 0.6) is 11.5 Å². The lowest BCUT2D eigenvalue weighted by molar-refractivity contribution is 0.0954. The summed E-state index contributed by atoms with van der Waals surface area (Å²) in [5.74, 6) is -0.357. The molecule has 3 aromatic rings. The fourth-order valence-corrected chi connectivity index (χ4v) is 2.29. The molecule has 6 nitrogen and oxygen atoms in total. The lowest BCUT2D eigenvalue weighted by Gasteiger charge is -2.05. The predicted molar refractivity (Wildman–Crippen MR) is 96.9 cm³/mol. The van der Waals surface area contributed by atoms with Crippen LogP contribution in [-0.4, -0.2) is 34.6 Å². The van der Waals surface area contributed by atoms with Gasteiger partial charge in [0.25, 0.3) is 5.91 Å². The third-order valence-electron chi connectivity index (χ3n) is 3.42. The summed E-state index contributed by atoms with van der Waals surface area (Å²) in [6.45, 7) is 0. The van der Waals surface area contributed by atoms with Crippen LogP contribution in [0.2, 0.25) is 0 Å². The number of rotatable bonds is 3. The highest BCUT2D eigenvalue weighted by Gasteiger charge is 2.06. The largest absolute Gasteiger partial charge is 0.508 e. The number of benzene rings is 3. The molecule has 0 radical (unpaired) electrons. The first-order valence-corrected chi connectivity index (χ1v) is 7.43. The molecule has 128 valence electrons. The molecule has 0 aliphatic heterocycles. The molecule has 0 aliphatic rings. The second-order valence-electron chi connectivity index (χ2n) is 4.97. The normalized spacial score (nSPS) is 10.3. The molecule has 6 heteroatoms. The minimum atomic E-state index is -0.447. The first-order valence-electron chi connectivity index (χ1n) is 7.43. The fraction of sp³-hybridized carbons (Fsp3) is 0.0526. The number of aromatic hydroxyl groups is 2. The van der Waals surface area contributed by atoms with E-state index in [4.69, 9.17) is 5.11 Å². The number of hydrogen-bond donors (Lipinski definition) is 4. The molecule has 0 saturated heterocycles. The zero-order valence-electron chi connectivity index (χ0n) is 13.5. The van der Waals surface area contributed by atoms with E-state index >= 15 is 0 Å². The minimum absolute atomic E-state index is 0.00771. The van der Waals surface area contributed by atoms with E-state index in [0.717, 1.165) is 17.9 Å². The molecule has 3 rings (SSSR count). The van der Waals surface area contributed by atoms with Gasteiger partial charge in [-0.25, -0.2) is 5.43 Å². The Balaban J connectivity index is 0.00000109. The third-order valence-corrected chi connectivity index (χ3v) is 3.42. The molecule has 0 atom stereocenters. The van der Waals surface area contributed by atoms with Crippen LogP contribution in [-0.2, 0) is 0 Å². The van der Waals surface area contributed by atoms with Gasteiger partial charge in [0.15, 0.2) is 0 Å². The van der Waals surface area contributed by atoms with Crippen molar-refractivity contribution in [1.29, 1.82) is 0 Å². The molecule has 0 fully saturated rings. The summed E-state index contributed by atoms with van der Waals surface area (Å²) in [4.78, 5) is 11.9. The molecule has 25 heavy (non-hydrogen) atoms. The van der Waals surface area contributed by atoms with E-state index in [1.807, 2.05) is 30.3 Å². The van der Waals surface area contributed by atoms with Crippen molar-refractivity contribution < 1.29 is 20.1 Å². The number of aliphatic hydroxyl groups is 1. The van der Waals surface area contributed by atoms with Gasteiger partial charge in [0.1, 0.15) is 11.5 Å². The van der Waals surface area contributed by atoms with Crippen molar-refractivity contribution in [3.05, 3.63) is 71.8 Å². The summed E-state index contributed by atoms with van der Waals surface area (Å²) in [6, 6.07) is 16.9. The van der Waals surface area contributed by atoms with Crippen molar-refractivity contribution in [2.24, 2.45) is 5.10 Å². The maximum absolute atomic E-state index is 11.9. The number of carbonyl (C=O) groups excluding carboxylic acids is 1. The van der Waals surface area contributed by atoms with Crippen molar-refractivity contribution in [2.75, 3.05) is 7.11 Å². The van der Waals surface area contributed by atoms with E-state index in [2.05, 4.69) is 10.5 Å². The zero-order chi connectivity index (χ0) is 18.2. The summed E-state index contributed by atoms with van der Waals surface area (Å²) in [5.41, 5.74) is 3.20. The average Bonchev–Trinajstić information content (AvgIpc) is 2.65. The molecule has 1 amide bonds. The summed E-state index contributed by atoms with van der Waals surface area (Å²) in [7, 11) is 1.00. The number of aliphatic hydroxyl groups excluding tert-OH is 1. The Kier molecular flexibility index (Phi) is 6.08. The van der Waals surface area contributed by atoms with Gasteiger partial charge in [-0.15, -0.1) is 0 Å². The Bertz CT molecular complexity index is 907. The number of nitrogens with zero attached hydrogens (tertiary/aromatic N) is 1. The van der Waals surface area contributed by atoms with Crippen LogP contribution in [0.1, 0.15) is 15.9 Å². The van der Waals surface area contributed by atoms with Crippen LogP contribution < -0.4 is 5.43 Å². The van der Waals surface area contributed by atoms with E-state index < -0.39 is 5.91 Å². The number of nitrogens with one attached hydrogen (secondary N) is 1. The van der Waals surface area contributed by atoms with Crippen LogP contribution in [0.25, 0.3) is 10.8 Å². The predicted octanol–water partition coefficient (Wildman–Crippen LogP) is 2.62. The monoisotopic (exact) mass is 338 g/mol. The van der Waals surface area contributed by atoms with E-state index in [9.17, 15) is 15.0 Å². The topological polar surface area (TPSA) is 102 Å². The Hall–Kier alpha value is -3.38. The van der Waals surface area contributed by atoms with Gasteiger partial charge in [-0.1, -0.05) is 36.4 Å². The van der Waals surface area contributed by atoms with Crippen LogP contribution in [0, 0.1) is 0 Å². The number of phenols is 2. The van der Waals surface area contributed by atoms with Crippen LogP contribution in [0.3, 0.4) is 0 Å². The SMILES string of the molecule is CO.O=C(N/N=C/c1c(O)ccc2ccccc12)c1cccc(O)c1. The van der Waals surface area contributed by atoms with E-state index in [-0.39, 0.29) is 11.5 Å². The Labute approximate surface area is 144 Å². The van der Waals surface area contributed by atoms with Crippen LogP contribution in [0.4, 0.5) is 0 Å².